The predicted octanol–water partition coefficient (Wildman–Crippen LogP) is 5.08. The van der Waals surface area contributed by atoms with Crippen LogP contribution in [0.2, 0.25) is 0 Å². The molecule has 34 heavy (non-hydrogen) atoms. The SMILES string of the molecule is CC(C)=CC(=O)c1cccc(Nc2nc(N([O-])c3cccc(OCCN(C)C)c3)ncc2F)c1. The number of benzene rings is 2. The standard InChI is InChI=1S/C25H27FN5O3/c1-17(2)13-23(32)18-7-5-8-19(14-18)28-24-22(26)16-27-25(29-24)31(33)20-9-6-10-21(15-20)34-12-11-30(3)4/h5-10,13-16H,11-12H2,1-4H3,(H,27,28,29)/q-1. The first-order valence-corrected chi connectivity index (χ1v) is 10.7. The molecule has 2 aromatic carbocycles. The number of ether oxygens (including phenoxy) is 1. The lowest BCUT2D eigenvalue weighted by Gasteiger charge is -2.28. The van der Waals surface area contributed by atoms with Crippen molar-refractivity contribution in [3.63, 3.8) is 0 Å². The molecule has 8 nitrogen and oxygen atoms in total. The van der Waals surface area contributed by atoms with Crippen LogP contribution in [0.1, 0.15) is 24.2 Å². The zero-order valence-corrected chi connectivity index (χ0v) is 19.6. The molecule has 0 spiro atoms. The molecule has 0 atom stereocenters. The molecule has 0 saturated carbocycles. The summed E-state index contributed by atoms with van der Waals surface area (Å²) in [5, 5.41) is 16.2. The van der Waals surface area contributed by atoms with Crippen LogP contribution in [-0.4, -0.2) is 47.9 Å². The second kappa shape index (κ2) is 11.4. The summed E-state index contributed by atoms with van der Waals surface area (Å²) in [6.45, 7) is 4.85. The Kier molecular flexibility index (Phi) is 8.29. The minimum atomic E-state index is -0.737. The fourth-order valence-corrected chi connectivity index (χ4v) is 2.94. The summed E-state index contributed by atoms with van der Waals surface area (Å²) in [6.07, 6.45) is 2.45. The van der Waals surface area contributed by atoms with Gasteiger partial charge in [0.1, 0.15) is 12.4 Å². The van der Waals surface area contributed by atoms with Crippen molar-refractivity contribution in [2.45, 2.75) is 13.8 Å². The smallest absolute Gasteiger partial charge is 0.221 e. The number of likely N-dealkylation sites (N-methyl/N-ethyl adjacent to an activating group) is 1. The summed E-state index contributed by atoms with van der Waals surface area (Å²) in [5.74, 6) is -0.800. The fourth-order valence-electron chi connectivity index (χ4n) is 2.94. The van der Waals surface area contributed by atoms with E-state index < -0.39 is 5.82 Å². The number of carbonyl (C=O) groups is 1. The third kappa shape index (κ3) is 6.84. The molecule has 0 aliphatic heterocycles. The van der Waals surface area contributed by atoms with Gasteiger partial charge < -0.3 is 25.2 Å². The molecule has 0 amide bonds. The molecular formula is C25H27FN5O3-. The van der Waals surface area contributed by atoms with Crippen LogP contribution in [0.4, 0.5) is 27.5 Å². The van der Waals surface area contributed by atoms with Crippen molar-refractivity contribution in [3.8, 4) is 5.75 Å². The van der Waals surface area contributed by atoms with Gasteiger partial charge in [-0.1, -0.05) is 23.8 Å². The number of rotatable bonds is 10. The zero-order chi connectivity index (χ0) is 24.7. The highest BCUT2D eigenvalue weighted by Gasteiger charge is 2.11. The second-order valence-corrected chi connectivity index (χ2v) is 8.10. The van der Waals surface area contributed by atoms with E-state index in [2.05, 4.69) is 15.3 Å². The molecule has 0 radical (unpaired) electrons. The lowest BCUT2D eigenvalue weighted by Crippen LogP contribution is -2.19. The second-order valence-electron chi connectivity index (χ2n) is 8.10. The molecule has 3 rings (SSSR count). The predicted molar refractivity (Wildman–Crippen MR) is 131 cm³/mol. The van der Waals surface area contributed by atoms with Gasteiger partial charge in [0.05, 0.1) is 6.20 Å². The maximum absolute atomic E-state index is 14.4. The van der Waals surface area contributed by atoms with E-state index >= 15 is 0 Å². The number of carbonyl (C=O) groups excluding carboxylic acids is 1. The van der Waals surface area contributed by atoms with E-state index in [1.807, 2.05) is 32.8 Å². The van der Waals surface area contributed by atoms with Crippen molar-refractivity contribution < 1.29 is 13.9 Å². The molecule has 0 bridgehead atoms. The molecule has 1 heterocycles. The molecule has 1 N–H and O–H groups in total. The monoisotopic (exact) mass is 464 g/mol. The Morgan fingerprint density at radius 1 is 1.18 bits per heavy atom. The van der Waals surface area contributed by atoms with Gasteiger partial charge in [0.25, 0.3) is 0 Å². The van der Waals surface area contributed by atoms with Gasteiger partial charge in [-0.2, -0.15) is 4.98 Å². The Morgan fingerprint density at radius 2 is 1.94 bits per heavy atom. The Balaban J connectivity index is 1.79. The van der Waals surface area contributed by atoms with E-state index in [4.69, 9.17) is 4.74 Å². The maximum atomic E-state index is 14.4. The molecule has 9 heteroatoms. The third-order valence-electron chi connectivity index (χ3n) is 4.60. The molecule has 3 aromatic rings. The van der Waals surface area contributed by atoms with Crippen molar-refractivity contribution in [2.75, 3.05) is 37.6 Å². The van der Waals surface area contributed by atoms with Crippen LogP contribution in [0.25, 0.3) is 0 Å². The number of anilines is 4. The molecule has 1 aromatic heterocycles. The molecule has 0 aliphatic carbocycles. The molecule has 0 saturated heterocycles. The van der Waals surface area contributed by atoms with Crippen LogP contribution in [0.5, 0.6) is 5.75 Å². The van der Waals surface area contributed by atoms with Crippen molar-refractivity contribution in [3.05, 3.63) is 83.0 Å². The highest BCUT2D eigenvalue weighted by atomic mass is 19.1. The van der Waals surface area contributed by atoms with E-state index in [-0.39, 0.29) is 23.2 Å². The summed E-state index contributed by atoms with van der Waals surface area (Å²) in [6, 6.07) is 13.2. The van der Waals surface area contributed by atoms with Crippen LogP contribution in [0.15, 0.2) is 66.4 Å². The van der Waals surface area contributed by atoms with Gasteiger partial charge in [0.2, 0.25) is 5.95 Å². The summed E-state index contributed by atoms with van der Waals surface area (Å²) >= 11 is 0. The summed E-state index contributed by atoms with van der Waals surface area (Å²) < 4.78 is 20.1. The molecule has 0 unspecified atom stereocenters. The minimum Gasteiger partial charge on any atom is -0.752 e. The van der Waals surface area contributed by atoms with Gasteiger partial charge in [-0.05, 0) is 58.3 Å². The number of nitrogens with one attached hydrogen (secondary N) is 1. The lowest BCUT2D eigenvalue weighted by atomic mass is 10.1. The average molecular weight is 465 g/mol. The molecule has 0 aliphatic rings. The van der Waals surface area contributed by atoms with Crippen molar-refractivity contribution >= 4 is 28.9 Å². The van der Waals surface area contributed by atoms with E-state index in [9.17, 15) is 14.4 Å². The van der Waals surface area contributed by atoms with Gasteiger partial charge in [-0.3, -0.25) is 4.79 Å². The first-order chi connectivity index (χ1) is 16.2. The van der Waals surface area contributed by atoms with E-state index in [1.165, 1.54) is 6.08 Å². The lowest BCUT2D eigenvalue weighted by molar-refractivity contribution is 0.104. The van der Waals surface area contributed by atoms with E-state index in [0.717, 1.165) is 18.3 Å². The van der Waals surface area contributed by atoms with Gasteiger partial charge in [0.15, 0.2) is 17.4 Å². The van der Waals surface area contributed by atoms with Crippen molar-refractivity contribution in [1.29, 1.82) is 0 Å². The summed E-state index contributed by atoms with van der Waals surface area (Å²) in [5.41, 5.74) is 2.01. The van der Waals surface area contributed by atoms with Gasteiger partial charge in [-0.15, -0.1) is 0 Å². The zero-order valence-electron chi connectivity index (χ0n) is 19.6. The number of hydrogen-bond donors (Lipinski definition) is 1. The number of ketones is 1. The largest absolute Gasteiger partial charge is 0.752 e. The van der Waals surface area contributed by atoms with Crippen molar-refractivity contribution in [2.24, 2.45) is 0 Å². The first-order valence-electron chi connectivity index (χ1n) is 10.7. The Labute approximate surface area is 198 Å². The molecular weight excluding hydrogens is 437 g/mol. The van der Waals surface area contributed by atoms with E-state index in [0.29, 0.717) is 28.7 Å². The summed E-state index contributed by atoms with van der Waals surface area (Å²) in [4.78, 5) is 22.2. The summed E-state index contributed by atoms with van der Waals surface area (Å²) in [7, 11) is 3.88. The van der Waals surface area contributed by atoms with Crippen LogP contribution in [0, 0.1) is 11.0 Å². The van der Waals surface area contributed by atoms with Crippen LogP contribution < -0.4 is 15.1 Å². The number of hydrogen-bond acceptors (Lipinski definition) is 8. The fraction of sp³-hybridized carbons (Fsp3) is 0.240. The van der Waals surface area contributed by atoms with Crippen LogP contribution in [-0.2, 0) is 0 Å². The minimum absolute atomic E-state index is 0.161. The molecule has 178 valence electrons. The molecule has 0 fully saturated rings. The topological polar surface area (TPSA) is 93.7 Å². The Hall–Kier alpha value is -3.82. The average Bonchev–Trinajstić information content (AvgIpc) is 2.80. The van der Waals surface area contributed by atoms with Gasteiger partial charge in [0, 0.05) is 29.5 Å². The third-order valence-corrected chi connectivity index (χ3v) is 4.60. The Morgan fingerprint density at radius 3 is 2.68 bits per heavy atom. The quantitative estimate of drug-likeness (QED) is 0.252. The van der Waals surface area contributed by atoms with E-state index in [1.54, 1.807) is 48.5 Å². The number of nitrogens with zero attached hydrogens (tertiary/aromatic N) is 4. The van der Waals surface area contributed by atoms with Crippen molar-refractivity contribution in [1.82, 2.24) is 14.9 Å². The van der Waals surface area contributed by atoms with Crippen LogP contribution >= 0.6 is 0 Å². The first kappa shape index (κ1) is 24.8. The highest BCUT2D eigenvalue weighted by molar-refractivity contribution is 6.05. The number of allylic oxidation sites excluding steroid dienone is 2. The van der Waals surface area contributed by atoms with Crippen LogP contribution in [0.3, 0.4) is 0 Å². The number of aromatic nitrogens is 2. The number of halogens is 1. The van der Waals surface area contributed by atoms with Gasteiger partial charge in [-0.25, -0.2) is 9.37 Å². The van der Waals surface area contributed by atoms with Gasteiger partial charge >= 0.3 is 0 Å². The normalized spacial score (nSPS) is 10.7. The Bertz CT molecular complexity index is 1180. The highest BCUT2D eigenvalue weighted by Crippen LogP contribution is 2.27. The maximum Gasteiger partial charge on any atom is 0.221 e.